The van der Waals surface area contributed by atoms with E-state index in [0.29, 0.717) is 28.2 Å². The highest BCUT2D eigenvalue weighted by Crippen LogP contribution is 2.41. The third-order valence-electron chi connectivity index (χ3n) is 11.1. The third-order valence-corrected chi connectivity index (χ3v) is 11.4. The van der Waals surface area contributed by atoms with Crippen molar-refractivity contribution in [1.29, 1.82) is 0 Å². The maximum atomic E-state index is 14.4. The van der Waals surface area contributed by atoms with Crippen molar-refractivity contribution in [1.82, 2.24) is 20.2 Å². The molecule has 2 aromatic heterocycles. The number of halogens is 1. The quantitative estimate of drug-likeness (QED) is 0.143. The lowest BCUT2D eigenvalue weighted by Gasteiger charge is -2.37. The van der Waals surface area contributed by atoms with Gasteiger partial charge in [-0.1, -0.05) is 72.3 Å². The maximum absolute atomic E-state index is 14.4. The van der Waals surface area contributed by atoms with Crippen LogP contribution in [0.5, 0.6) is 11.5 Å². The number of rotatable bonds is 9. The standard InChI is InChI=1S/C47H43ClN4O7/c1-26-27(2)49-18-17-38(26)32-11-9-30(10-12-32)19-39(47(55)56-5)51-45(53)40-21-35-22-41-42(23-36(35)24-52(40)46(54)44-28(3)58-29(4)50-44)59-43(25-57-41)33-15-13-31(14-16-33)34-7-6-8-37(48)20-34/h6-18,20,22-23,39-40,43H,19,21,24-25H2,1-5H3,(H,51,53)/t39?,40-,43+/m0/s1. The van der Waals surface area contributed by atoms with Gasteiger partial charge in [0.25, 0.3) is 5.91 Å². The Hall–Kier alpha value is -6.46. The summed E-state index contributed by atoms with van der Waals surface area (Å²) in [7, 11) is 1.29. The van der Waals surface area contributed by atoms with Crippen LogP contribution in [-0.4, -0.2) is 58.5 Å². The second-order valence-corrected chi connectivity index (χ2v) is 15.4. The maximum Gasteiger partial charge on any atom is 0.328 e. The first-order valence-corrected chi connectivity index (χ1v) is 19.8. The number of carbonyl (C=O) groups is 3. The summed E-state index contributed by atoms with van der Waals surface area (Å²) in [5, 5.41) is 3.59. The van der Waals surface area contributed by atoms with E-state index >= 15 is 0 Å². The van der Waals surface area contributed by atoms with E-state index in [-0.39, 0.29) is 37.8 Å². The van der Waals surface area contributed by atoms with Crippen molar-refractivity contribution in [2.45, 2.75) is 65.3 Å². The molecular weight excluding hydrogens is 768 g/mol. The number of nitrogens with zero attached hydrogens (tertiary/aromatic N) is 3. The van der Waals surface area contributed by atoms with Crippen molar-refractivity contribution in [3.05, 3.63) is 153 Å². The number of benzene rings is 4. The molecule has 4 aromatic carbocycles. The fraction of sp³-hybridized carbons (Fsp3) is 0.255. The van der Waals surface area contributed by atoms with E-state index in [2.05, 4.69) is 15.3 Å². The van der Waals surface area contributed by atoms with Crippen LogP contribution in [0.2, 0.25) is 5.02 Å². The first kappa shape index (κ1) is 39.4. The summed E-state index contributed by atoms with van der Waals surface area (Å²) in [4.78, 5) is 52.0. The molecule has 8 rings (SSSR count). The molecule has 300 valence electrons. The number of carbonyl (C=O) groups excluding carboxylic acids is 3. The molecule has 0 aliphatic carbocycles. The van der Waals surface area contributed by atoms with Gasteiger partial charge in [0.15, 0.2) is 29.2 Å². The predicted octanol–water partition coefficient (Wildman–Crippen LogP) is 8.27. The summed E-state index contributed by atoms with van der Waals surface area (Å²) in [6.45, 7) is 7.69. The Morgan fingerprint density at radius 3 is 2.36 bits per heavy atom. The second-order valence-electron chi connectivity index (χ2n) is 15.0. The van der Waals surface area contributed by atoms with E-state index in [0.717, 1.165) is 55.8 Å². The minimum Gasteiger partial charge on any atom is -0.485 e. The molecule has 2 aliphatic heterocycles. The molecule has 0 fully saturated rings. The van der Waals surface area contributed by atoms with E-state index < -0.39 is 29.9 Å². The van der Waals surface area contributed by atoms with Crippen LogP contribution >= 0.6 is 11.6 Å². The molecule has 1 N–H and O–H groups in total. The number of oxazole rings is 1. The first-order chi connectivity index (χ1) is 28.4. The van der Waals surface area contributed by atoms with Crippen LogP contribution < -0.4 is 14.8 Å². The highest BCUT2D eigenvalue weighted by atomic mass is 35.5. The van der Waals surface area contributed by atoms with Crippen molar-refractivity contribution in [2.24, 2.45) is 0 Å². The Labute approximate surface area is 347 Å². The molecule has 2 aliphatic rings. The lowest BCUT2D eigenvalue weighted by molar-refractivity contribution is -0.145. The Bertz CT molecular complexity index is 2570. The van der Waals surface area contributed by atoms with Crippen LogP contribution in [0, 0.1) is 27.7 Å². The Morgan fingerprint density at radius 2 is 1.64 bits per heavy atom. The Balaban J connectivity index is 1.04. The minimum absolute atomic E-state index is 0.0749. The predicted molar refractivity (Wildman–Crippen MR) is 222 cm³/mol. The van der Waals surface area contributed by atoms with Gasteiger partial charge in [-0.15, -0.1) is 0 Å². The summed E-state index contributed by atoms with van der Waals surface area (Å²) in [6, 6.07) is 27.3. The van der Waals surface area contributed by atoms with Crippen molar-refractivity contribution < 1.29 is 33.0 Å². The zero-order valence-corrected chi connectivity index (χ0v) is 34.1. The van der Waals surface area contributed by atoms with Crippen LogP contribution in [0.3, 0.4) is 0 Å². The van der Waals surface area contributed by atoms with Gasteiger partial charge in [-0.25, -0.2) is 9.78 Å². The van der Waals surface area contributed by atoms with E-state index in [1.165, 1.54) is 12.0 Å². The van der Waals surface area contributed by atoms with Crippen LogP contribution in [0.25, 0.3) is 22.3 Å². The monoisotopic (exact) mass is 810 g/mol. The molecule has 0 saturated carbocycles. The van der Waals surface area contributed by atoms with Gasteiger partial charge in [0.2, 0.25) is 5.91 Å². The SMILES string of the molecule is COC(=O)C(Cc1ccc(-c2ccnc(C)c2C)cc1)NC(=O)[C@@H]1Cc2cc3c(cc2CN1C(=O)c1nc(C)oc1C)O[C@@H](c1ccc(-c2cccc(Cl)c2)cc1)CO3. The fourth-order valence-corrected chi connectivity index (χ4v) is 7.99. The van der Waals surface area contributed by atoms with Crippen LogP contribution in [0.15, 0.2) is 102 Å². The van der Waals surface area contributed by atoms with Gasteiger partial charge < -0.3 is 28.8 Å². The number of aromatic nitrogens is 2. The largest absolute Gasteiger partial charge is 0.485 e. The molecule has 59 heavy (non-hydrogen) atoms. The molecular formula is C47H43ClN4O7. The van der Waals surface area contributed by atoms with E-state index in [1.807, 2.05) is 105 Å². The topological polar surface area (TPSA) is 133 Å². The van der Waals surface area contributed by atoms with Crippen molar-refractivity contribution in [3.8, 4) is 33.8 Å². The highest BCUT2D eigenvalue weighted by Gasteiger charge is 2.39. The average molecular weight is 811 g/mol. The normalized spacial score (nSPS) is 16.2. The molecule has 3 atom stereocenters. The van der Waals surface area contributed by atoms with Gasteiger partial charge in [-0.2, -0.15) is 0 Å². The number of pyridine rings is 1. The van der Waals surface area contributed by atoms with Crippen LogP contribution in [0.1, 0.15) is 61.8 Å². The molecule has 6 aromatic rings. The summed E-state index contributed by atoms with van der Waals surface area (Å²) >= 11 is 6.22. The summed E-state index contributed by atoms with van der Waals surface area (Å²) < 4.78 is 23.5. The van der Waals surface area contributed by atoms with Crippen LogP contribution in [-0.2, 0) is 33.7 Å². The van der Waals surface area contributed by atoms with Crippen LogP contribution in [0.4, 0.5) is 0 Å². The molecule has 1 unspecified atom stereocenters. The fourth-order valence-electron chi connectivity index (χ4n) is 7.80. The number of hydrogen-bond donors (Lipinski definition) is 1. The van der Waals surface area contributed by atoms with E-state index in [9.17, 15) is 14.4 Å². The average Bonchev–Trinajstić information content (AvgIpc) is 3.59. The lowest BCUT2D eigenvalue weighted by Crippen LogP contribution is -2.56. The number of nitrogens with one attached hydrogen (secondary N) is 1. The smallest absolute Gasteiger partial charge is 0.328 e. The molecule has 0 spiro atoms. The number of amides is 2. The molecule has 0 radical (unpaired) electrons. The van der Waals surface area contributed by atoms with Gasteiger partial charge in [0.05, 0.1) is 7.11 Å². The number of fused-ring (bicyclic) bond motifs is 2. The van der Waals surface area contributed by atoms with Gasteiger partial charge in [-0.3, -0.25) is 14.6 Å². The van der Waals surface area contributed by atoms with Crippen molar-refractivity contribution in [2.75, 3.05) is 13.7 Å². The molecule has 4 heterocycles. The minimum atomic E-state index is -1.02. The molecule has 0 saturated heterocycles. The molecule has 0 bridgehead atoms. The van der Waals surface area contributed by atoms with Gasteiger partial charge in [0, 0.05) is 43.2 Å². The highest BCUT2D eigenvalue weighted by molar-refractivity contribution is 6.30. The summed E-state index contributed by atoms with van der Waals surface area (Å²) in [5.74, 6) is 0.184. The van der Waals surface area contributed by atoms with Gasteiger partial charge in [0.1, 0.15) is 24.5 Å². The molecule has 11 nitrogen and oxygen atoms in total. The number of ether oxygens (including phenoxy) is 3. The van der Waals surface area contributed by atoms with Crippen molar-refractivity contribution >= 4 is 29.4 Å². The third kappa shape index (κ3) is 8.16. The number of esters is 1. The Kier molecular flexibility index (Phi) is 11.0. The zero-order valence-electron chi connectivity index (χ0n) is 33.4. The molecule has 12 heteroatoms. The first-order valence-electron chi connectivity index (χ1n) is 19.4. The number of methoxy groups -OCH3 is 1. The lowest BCUT2D eigenvalue weighted by atomic mass is 9.91. The van der Waals surface area contributed by atoms with Gasteiger partial charge in [-0.05, 0) is 101 Å². The molecule has 2 amide bonds. The second kappa shape index (κ2) is 16.4. The number of hydrogen-bond acceptors (Lipinski definition) is 9. The summed E-state index contributed by atoms with van der Waals surface area (Å²) in [6.07, 6.45) is 1.74. The van der Waals surface area contributed by atoms with E-state index in [4.69, 9.17) is 30.2 Å². The van der Waals surface area contributed by atoms with Crippen molar-refractivity contribution in [3.63, 3.8) is 0 Å². The van der Waals surface area contributed by atoms with E-state index in [1.54, 1.807) is 20.0 Å². The summed E-state index contributed by atoms with van der Waals surface area (Å²) in [5.41, 5.74) is 9.67. The number of aryl methyl sites for hydroxylation is 3. The van der Waals surface area contributed by atoms with Gasteiger partial charge >= 0.3 is 5.97 Å². The Morgan fingerprint density at radius 1 is 0.898 bits per heavy atom. The zero-order chi connectivity index (χ0) is 41.4.